The summed E-state index contributed by atoms with van der Waals surface area (Å²) >= 11 is 0. The number of ether oxygens (including phenoxy) is 1. The van der Waals surface area contributed by atoms with Crippen molar-refractivity contribution in [2.24, 2.45) is 0 Å². The Bertz CT molecular complexity index is 210. The Morgan fingerprint density at radius 1 is 1.50 bits per heavy atom. The molecule has 0 saturated carbocycles. The van der Waals surface area contributed by atoms with E-state index in [1.165, 1.54) is 19.1 Å². The highest BCUT2D eigenvalue weighted by Gasteiger charge is 2.18. The maximum Gasteiger partial charge on any atom is 0.396 e. The van der Waals surface area contributed by atoms with E-state index in [0.717, 1.165) is 5.57 Å². The van der Waals surface area contributed by atoms with Crippen molar-refractivity contribution in [2.75, 3.05) is 20.7 Å². The summed E-state index contributed by atoms with van der Waals surface area (Å²) in [5.74, 6) is -1.50. The van der Waals surface area contributed by atoms with Crippen molar-refractivity contribution < 1.29 is 14.3 Å². The molecule has 68 valence electrons. The molecule has 4 nitrogen and oxygen atoms in total. The van der Waals surface area contributed by atoms with Crippen LogP contribution >= 0.6 is 0 Å². The number of rotatable bonds is 2. The number of likely N-dealkylation sites (N-methyl/N-ethyl adjacent to an activating group) is 1. The SMILES string of the molecule is C=C(C)CN(C)C(=O)C(=O)OC. The van der Waals surface area contributed by atoms with E-state index < -0.39 is 11.9 Å². The molecule has 0 aromatic heterocycles. The lowest BCUT2D eigenvalue weighted by Gasteiger charge is -2.14. The van der Waals surface area contributed by atoms with Gasteiger partial charge < -0.3 is 9.64 Å². The van der Waals surface area contributed by atoms with Crippen molar-refractivity contribution in [3.8, 4) is 0 Å². The Labute approximate surface area is 71.8 Å². The normalized spacial score (nSPS) is 8.92. The molecular weight excluding hydrogens is 158 g/mol. The fraction of sp³-hybridized carbons (Fsp3) is 0.500. The van der Waals surface area contributed by atoms with Crippen molar-refractivity contribution in [3.63, 3.8) is 0 Å². The molecule has 0 aromatic carbocycles. The summed E-state index contributed by atoms with van der Waals surface area (Å²) in [4.78, 5) is 23.0. The van der Waals surface area contributed by atoms with Gasteiger partial charge in [-0.05, 0) is 6.92 Å². The fourth-order valence-electron chi connectivity index (χ4n) is 0.720. The second kappa shape index (κ2) is 4.54. The number of nitrogens with zero attached hydrogens (tertiary/aromatic N) is 1. The molecule has 0 aromatic rings. The Kier molecular flexibility index (Phi) is 4.04. The summed E-state index contributed by atoms with van der Waals surface area (Å²) in [7, 11) is 2.70. The van der Waals surface area contributed by atoms with Gasteiger partial charge in [0.2, 0.25) is 0 Å². The molecule has 0 atom stereocenters. The third-order valence-corrected chi connectivity index (χ3v) is 1.21. The molecule has 4 heteroatoms. The first kappa shape index (κ1) is 10.7. The van der Waals surface area contributed by atoms with Crippen LogP contribution in [0, 0.1) is 0 Å². The Balaban J connectivity index is 4.10. The summed E-state index contributed by atoms with van der Waals surface area (Å²) in [5.41, 5.74) is 0.815. The van der Waals surface area contributed by atoms with E-state index in [-0.39, 0.29) is 0 Å². The molecule has 0 saturated heterocycles. The molecule has 0 heterocycles. The smallest absolute Gasteiger partial charge is 0.396 e. The highest BCUT2D eigenvalue weighted by atomic mass is 16.5. The van der Waals surface area contributed by atoms with E-state index in [4.69, 9.17) is 0 Å². The van der Waals surface area contributed by atoms with Crippen molar-refractivity contribution in [1.29, 1.82) is 0 Å². The van der Waals surface area contributed by atoms with Crippen LogP contribution in [0.5, 0.6) is 0 Å². The van der Waals surface area contributed by atoms with Crippen LogP contribution in [0.3, 0.4) is 0 Å². The molecule has 0 aliphatic heterocycles. The second-order valence-electron chi connectivity index (χ2n) is 2.61. The molecule has 0 rings (SSSR count). The van der Waals surface area contributed by atoms with Crippen molar-refractivity contribution in [1.82, 2.24) is 4.90 Å². The van der Waals surface area contributed by atoms with E-state index in [1.54, 1.807) is 6.92 Å². The van der Waals surface area contributed by atoms with Gasteiger partial charge >= 0.3 is 11.9 Å². The van der Waals surface area contributed by atoms with Crippen LogP contribution in [0.1, 0.15) is 6.92 Å². The van der Waals surface area contributed by atoms with Crippen LogP contribution in [0.2, 0.25) is 0 Å². The quantitative estimate of drug-likeness (QED) is 0.338. The average molecular weight is 171 g/mol. The van der Waals surface area contributed by atoms with E-state index >= 15 is 0 Å². The van der Waals surface area contributed by atoms with Crippen LogP contribution in [0.4, 0.5) is 0 Å². The Hall–Kier alpha value is -1.32. The van der Waals surface area contributed by atoms with Gasteiger partial charge in [0.05, 0.1) is 7.11 Å². The third kappa shape index (κ3) is 3.18. The highest BCUT2D eigenvalue weighted by molar-refractivity contribution is 6.32. The molecule has 0 fully saturated rings. The van der Waals surface area contributed by atoms with Gasteiger partial charge in [0.25, 0.3) is 0 Å². The van der Waals surface area contributed by atoms with Crippen LogP contribution in [-0.4, -0.2) is 37.5 Å². The molecule has 1 amide bonds. The largest absolute Gasteiger partial charge is 0.462 e. The number of carbonyl (C=O) groups is 2. The second-order valence-corrected chi connectivity index (χ2v) is 2.61. The molecule has 0 N–H and O–H groups in total. The van der Waals surface area contributed by atoms with Gasteiger partial charge in [-0.1, -0.05) is 12.2 Å². The Morgan fingerprint density at radius 3 is 2.33 bits per heavy atom. The molecule has 0 bridgehead atoms. The first-order chi connectivity index (χ1) is 5.49. The van der Waals surface area contributed by atoms with Crippen LogP contribution in [0.15, 0.2) is 12.2 Å². The van der Waals surface area contributed by atoms with Crippen LogP contribution in [-0.2, 0) is 14.3 Å². The predicted molar refractivity (Wildman–Crippen MR) is 44.5 cm³/mol. The zero-order valence-electron chi connectivity index (χ0n) is 7.59. The lowest BCUT2D eigenvalue weighted by atomic mass is 10.3. The van der Waals surface area contributed by atoms with Gasteiger partial charge in [0.1, 0.15) is 0 Å². The predicted octanol–water partition coefficient (Wildman–Crippen LogP) is 0.194. The zero-order valence-corrected chi connectivity index (χ0v) is 7.59. The summed E-state index contributed by atoms with van der Waals surface area (Å²) in [5, 5.41) is 0. The van der Waals surface area contributed by atoms with Crippen molar-refractivity contribution >= 4 is 11.9 Å². The summed E-state index contributed by atoms with van der Waals surface area (Å²) < 4.78 is 4.25. The maximum atomic E-state index is 11.0. The topological polar surface area (TPSA) is 46.6 Å². The minimum Gasteiger partial charge on any atom is -0.462 e. The zero-order chi connectivity index (χ0) is 9.72. The molecule has 0 unspecified atom stereocenters. The number of carbonyl (C=O) groups excluding carboxylic acids is 2. The van der Waals surface area contributed by atoms with Crippen molar-refractivity contribution in [2.45, 2.75) is 6.92 Å². The van der Waals surface area contributed by atoms with Gasteiger partial charge in [-0.2, -0.15) is 0 Å². The van der Waals surface area contributed by atoms with E-state index in [0.29, 0.717) is 6.54 Å². The molecule has 0 aliphatic rings. The third-order valence-electron chi connectivity index (χ3n) is 1.21. The lowest BCUT2D eigenvalue weighted by Crippen LogP contribution is -2.34. The number of hydrogen-bond acceptors (Lipinski definition) is 3. The number of hydrogen-bond donors (Lipinski definition) is 0. The lowest BCUT2D eigenvalue weighted by molar-refractivity contribution is -0.157. The number of methoxy groups -OCH3 is 1. The minimum absolute atomic E-state index is 0.369. The number of esters is 1. The Morgan fingerprint density at radius 2 is 2.00 bits per heavy atom. The first-order valence-corrected chi connectivity index (χ1v) is 3.46. The van der Waals surface area contributed by atoms with Gasteiger partial charge in [0.15, 0.2) is 0 Å². The summed E-state index contributed by atoms with van der Waals surface area (Å²) in [6.45, 7) is 5.76. The molecule has 0 aliphatic carbocycles. The highest BCUT2D eigenvalue weighted by Crippen LogP contribution is 1.93. The van der Waals surface area contributed by atoms with Gasteiger partial charge in [0, 0.05) is 13.6 Å². The van der Waals surface area contributed by atoms with Crippen LogP contribution < -0.4 is 0 Å². The van der Waals surface area contributed by atoms with E-state index in [2.05, 4.69) is 11.3 Å². The average Bonchev–Trinajstić information content (AvgIpc) is 2.00. The van der Waals surface area contributed by atoms with Gasteiger partial charge in [-0.15, -0.1) is 0 Å². The van der Waals surface area contributed by atoms with E-state index in [9.17, 15) is 9.59 Å². The van der Waals surface area contributed by atoms with Gasteiger partial charge in [-0.3, -0.25) is 4.79 Å². The molecular formula is C8H13NO3. The minimum atomic E-state index is -0.848. The number of amides is 1. The maximum absolute atomic E-state index is 11.0. The molecule has 12 heavy (non-hydrogen) atoms. The summed E-state index contributed by atoms with van der Waals surface area (Å²) in [6.07, 6.45) is 0. The first-order valence-electron chi connectivity index (χ1n) is 3.46. The molecule has 0 spiro atoms. The van der Waals surface area contributed by atoms with E-state index in [1.807, 2.05) is 0 Å². The van der Waals surface area contributed by atoms with Gasteiger partial charge in [-0.25, -0.2) is 4.79 Å². The fourth-order valence-corrected chi connectivity index (χ4v) is 0.720. The van der Waals surface area contributed by atoms with Crippen molar-refractivity contribution in [3.05, 3.63) is 12.2 Å². The standard InChI is InChI=1S/C8H13NO3/c1-6(2)5-9(3)7(10)8(11)12-4/h1,5H2,2-4H3. The monoisotopic (exact) mass is 171 g/mol. The molecule has 0 radical (unpaired) electrons. The van der Waals surface area contributed by atoms with Crippen LogP contribution in [0.25, 0.3) is 0 Å². The summed E-state index contributed by atoms with van der Waals surface area (Å²) in [6, 6.07) is 0.